The van der Waals surface area contributed by atoms with Crippen LogP contribution in [0.15, 0.2) is 23.4 Å². The molecule has 18 heavy (non-hydrogen) atoms. The number of oxime groups is 1. The molecule has 0 aliphatic rings. The SMILES string of the molecule is COc1ccc(/C(N)=N/O)c(N(C)CCSC)c1. The van der Waals surface area contributed by atoms with Crippen LogP contribution < -0.4 is 15.4 Å². The van der Waals surface area contributed by atoms with Crippen molar-refractivity contribution in [1.29, 1.82) is 0 Å². The highest BCUT2D eigenvalue weighted by Gasteiger charge is 2.12. The first-order chi connectivity index (χ1) is 8.63. The minimum absolute atomic E-state index is 0.101. The quantitative estimate of drug-likeness (QED) is 0.355. The standard InChI is InChI=1S/C12H19N3O2S/c1-15(6-7-18-3)11-8-9(17-2)4-5-10(11)12(13)14-16/h4-5,8,16H,6-7H2,1-3H3,(H2,13,14). The first-order valence-electron chi connectivity index (χ1n) is 5.50. The molecule has 0 bridgehead atoms. The molecule has 0 radical (unpaired) electrons. The predicted octanol–water partition coefficient (Wildman–Crippen LogP) is 1.59. The first kappa shape index (κ1) is 14.5. The lowest BCUT2D eigenvalue weighted by Crippen LogP contribution is -2.25. The molecule has 0 atom stereocenters. The Bertz CT molecular complexity index is 424. The van der Waals surface area contributed by atoms with E-state index >= 15 is 0 Å². The molecule has 0 aliphatic carbocycles. The van der Waals surface area contributed by atoms with E-state index in [2.05, 4.69) is 16.3 Å². The summed E-state index contributed by atoms with van der Waals surface area (Å²) in [5.74, 6) is 1.85. The molecule has 0 spiro atoms. The summed E-state index contributed by atoms with van der Waals surface area (Å²) in [5, 5.41) is 11.9. The summed E-state index contributed by atoms with van der Waals surface area (Å²) < 4.78 is 5.20. The predicted molar refractivity (Wildman–Crippen MR) is 77.2 cm³/mol. The van der Waals surface area contributed by atoms with E-state index < -0.39 is 0 Å². The van der Waals surface area contributed by atoms with Gasteiger partial charge in [-0.25, -0.2) is 0 Å². The minimum atomic E-state index is 0.101. The summed E-state index contributed by atoms with van der Waals surface area (Å²) in [6, 6.07) is 5.46. The molecule has 0 heterocycles. The molecule has 0 fully saturated rings. The van der Waals surface area contributed by atoms with Crippen LogP contribution in [0.3, 0.4) is 0 Å². The Balaban J connectivity index is 3.11. The number of thioether (sulfide) groups is 1. The summed E-state index contributed by atoms with van der Waals surface area (Å²) in [6.07, 6.45) is 2.06. The smallest absolute Gasteiger partial charge is 0.172 e. The highest BCUT2D eigenvalue weighted by atomic mass is 32.2. The number of amidine groups is 1. The summed E-state index contributed by atoms with van der Waals surface area (Å²) in [7, 11) is 3.59. The molecule has 0 aliphatic heterocycles. The zero-order valence-electron chi connectivity index (χ0n) is 10.9. The van der Waals surface area contributed by atoms with Crippen molar-refractivity contribution in [3.63, 3.8) is 0 Å². The van der Waals surface area contributed by atoms with E-state index in [4.69, 9.17) is 15.7 Å². The summed E-state index contributed by atoms with van der Waals surface area (Å²) in [4.78, 5) is 2.06. The maximum atomic E-state index is 8.81. The van der Waals surface area contributed by atoms with Crippen LogP contribution in [0.25, 0.3) is 0 Å². The molecule has 5 nitrogen and oxygen atoms in total. The zero-order valence-corrected chi connectivity index (χ0v) is 11.7. The van der Waals surface area contributed by atoms with Gasteiger partial charge in [0.15, 0.2) is 5.84 Å². The van der Waals surface area contributed by atoms with Crippen molar-refractivity contribution < 1.29 is 9.94 Å². The van der Waals surface area contributed by atoms with Gasteiger partial charge in [-0.3, -0.25) is 0 Å². The highest BCUT2D eigenvalue weighted by molar-refractivity contribution is 7.98. The van der Waals surface area contributed by atoms with Gasteiger partial charge >= 0.3 is 0 Å². The van der Waals surface area contributed by atoms with E-state index in [9.17, 15) is 0 Å². The van der Waals surface area contributed by atoms with Crippen LogP contribution in [0.5, 0.6) is 5.75 Å². The van der Waals surface area contributed by atoms with E-state index in [1.807, 2.05) is 13.1 Å². The molecule has 0 aromatic heterocycles. The van der Waals surface area contributed by atoms with E-state index in [1.165, 1.54) is 0 Å². The summed E-state index contributed by atoms with van der Waals surface area (Å²) >= 11 is 1.77. The molecule has 100 valence electrons. The fraction of sp³-hybridized carbons (Fsp3) is 0.417. The van der Waals surface area contributed by atoms with Crippen LogP contribution in [0.2, 0.25) is 0 Å². The van der Waals surface area contributed by atoms with Gasteiger partial charge < -0.3 is 20.6 Å². The average molecular weight is 269 g/mol. The van der Waals surface area contributed by atoms with Gasteiger partial charge in [-0.05, 0) is 18.4 Å². The molecule has 0 amide bonds. The third-order valence-corrected chi connectivity index (χ3v) is 3.22. The minimum Gasteiger partial charge on any atom is -0.497 e. The highest BCUT2D eigenvalue weighted by Crippen LogP contribution is 2.25. The van der Waals surface area contributed by atoms with Crippen LogP contribution in [-0.4, -0.2) is 43.8 Å². The van der Waals surface area contributed by atoms with Crippen molar-refractivity contribution in [2.75, 3.05) is 37.6 Å². The molecule has 3 N–H and O–H groups in total. The Morgan fingerprint density at radius 3 is 2.83 bits per heavy atom. The maximum absolute atomic E-state index is 8.81. The van der Waals surface area contributed by atoms with E-state index in [0.29, 0.717) is 5.56 Å². The van der Waals surface area contributed by atoms with Gasteiger partial charge in [0.05, 0.1) is 12.8 Å². The van der Waals surface area contributed by atoms with E-state index in [1.54, 1.807) is 31.0 Å². The van der Waals surface area contributed by atoms with Crippen molar-refractivity contribution >= 4 is 23.3 Å². The van der Waals surface area contributed by atoms with Crippen LogP contribution in [0, 0.1) is 0 Å². The van der Waals surface area contributed by atoms with Gasteiger partial charge in [0.2, 0.25) is 0 Å². The van der Waals surface area contributed by atoms with Crippen molar-refractivity contribution in [3.8, 4) is 5.75 Å². The molecule has 0 saturated heterocycles. The normalized spacial score (nSPS) is 11.4. The Labute approximate surface area is 112 Å². The lowest BCUT2D eigenvalue weighted by molar-refractivity contribution is 0.318. The number of anilines is 1. The fourth-order valence-electron chi connectivity index (χ4n) is 1.57. The van der Waals surface area contributed by atoms with Gasteiger partial charge in [0, 0.05) is 31.0 Å². The van der Waals surface area contributed by atoms with Crippen molar-refractivity contribution in [3.05, 3.63) is 23.8 Å². The molecular formula is C12H19N3O2S. The molecular weight excluding hydrogens is 250 g/mol. The Hall–Kier alpha value is -1.56. The topological polar surface area (TPSA) is 71.1 Å². The Morgan fingerprint density at radius 1 is 1.56 bits per heavy atom. The first-order valence-corrected chi connectivity index (χ1v) is 6.89. The largest absolute Gasteiger partial charge is 0.497 e. The van der Waals surface area contributed by atoms with Crippen LogP contribution in [-0.2, 0) is 0 Å². The van der Waals surface area contributed by atoms with Crippen LogP contribution >= 0.6 is 11.8 Å². The maximum Gasteiger partial charge on any atom is 0.172 e. The second-order valence-corrected chi connectivity index (χ2v) is 4.77. The number of nitrogens with zero attached hydrogens (tertiary/aromatic N) is 2. The number of rotatable bonds is 6. The zero-order chi connectivity index (χ0) is 13.5. The summed E-state index contributed by atoms with van der Waals surface area (Å²) in [6.45, 7) is 0.875. The lowest BCUT2D eigenvalue weighted by atomic mass is 10.1. The summed E-state index contributed by atoms with van der Waals surface area (Å²) in [5.41, 5.74) is 7.26. The molecule has 6 heteroatoms. The van der Waals surface area contributed by atoms with E-state index in [-0.39, 0.29) is 5.84 Å². The molecule has 1 rings (SSSR count). The van der Waals surface area contributed by atoms with Crippen LogP contribution in [0.1, 0.15) is 5.56 Å². The van der Waals surface area contributed by atoms with Gasteiger partial charge in [0.1, 0.15) is 5.75 Å². The number of hydrogen-bond donors (Lipinski definition) is 2. The lowest BCUT2D eigenvalue weighted by Gasteiger charge is -2.22. The molecule has 0 saturated carbocycles. The second kappa shape index (κ2) is 7.00. The van der Waals surface area contributed by atoms with Gasteiger partial charge in [0.25, 0.3) is 0 Å². The van der Waals surface area contributed by atoms with Crippen LogP contribution in [0.4, 0.5) is 5.69 Å². The fourth-order valence-corrected chi connectivity index (χ4v) is 2.03. The second-order valence-electron chi connectivity index (χ2n) is 3.78. The number of hydrogen-bond acceptors (Lipinski definition) is 5. The monoisotopic (exact) mass is 269 g/mol. The Morgan fingerprint density at radius 2 is 2.28 bits per heavy atom. The average Bonchev–Trinajstić information content (AvgIpc) is 2.43. The third kappa shape index (κ3) is 3.46. The Kier molecular flexibility index (Phi) is 5.64. The number of nitrogens with two attached hydrogens (primary N) is 1. The van der Waals surface area contributed by atoms with Crippen molar-refractivity contribution in [2.45, 2.75) is 0 Å². The molecule has 1 aromatic rings. The number of methoxy groups -OCH3 is 1. The van der Waals surface area contributed by atoms with Crippen molar-refractivity contribution in [2.24, 2.45) is 10.9 Å². The van der Waals surface area contributed by atoms with E-state index in [0.717, 1.165) is 23.7 Å². The molecule has 0 unspecified atom stereocenters. The molecule has 1 aromatic carbocycles. The van der Waals surface area contributed by atoms with Crippen molar-refractivity contribution in [1.82, 2.24) is 0 Å². The van der Waals surface area contributed by atoms with Gasteiger partial charge in [-0.1, -0.05) is 5.16 Å². The van der Waals surface area contributed by atoms with Gasteiger partial charge in [-0.2, -0.15) is 11.8 Å². The number of ether oxygens (including phenoxy) is 1. The third-order valence-electron chi connectivity index (χ3n) is 2.63. The van der Waals surface area contributed by atoms with Gasteiger partial charge in [-0.15, -0.1) is 0 Å². The number of benzene rings is 1.